The summed E-state index contributed by atoms with van der Waals surface area (Å²) in [5.41, 5.74) is 2.21. The Morgan fingerprint density at radius 1 is 1.20 bits per heavy atom. The van der Waals surface area contributed by atoms with Crippen molar-refractivity contribution in [3.63, 3.8) is 0 Å². The van der Waals surface area contributed by atoms with Crippen LogP contribution in [0.2, 0.25) is 0 Å². The minimum absolute atomic E-state index is 0.0927. The third kappa shape index (κ3) is 2.35. The summed E-state index contributed by atoms with van der Waals surface area (Å²) in [6.45, 7) is 0. The molecule has 0 atom stereocenters. The Morgan fingerprint density at radius 2 is 1.80 bits per heavy atom. The average Bonchev–Trinajstić information content (AvgIpc) is 3.04. The van der Waals surface area contributed by atoms with E-state index in [2.05, 4.69) is 4.98 Å². The summed E-state index contributed by atoms with van der Waals surface area (Å²) in [6, 6.07) is 7.72. The molecule has 0 radical (unpaired) electrons. The number of hydrogen-bond donors (Lipinski definition) is 0. The van der Waals surface area contributed by atoms with Gasteiger partial charge in [0.15, 0.2) is 10.8 Å². The average molecular weight is 297 g/mol. The maximum Gasteiger partial charge on any atom is 0.443 e. The van der Waals surface area contributed by atoms with Crippen molar-refractivity contribution < 1.29 is 18.0 Å². The number of carbonyl (C=O) groups excluding carboxylic acids is 1. The molecular formula is C14H10F3NOS. The molecule has 0 N–H and O–H groups in total. The maximum absolute atomic E-state index is 12.5. The summed E-state index contributed by atoms with van der Waals surface area (Å²) in [6.07, 6.45) is -2.26. The molecule has 0 saturated heterocycles. The zero-order valence-corrected chi connectivity index (χ0v) is 11.1. The van der Waals surface area contributed by atoms with Crippen molar-refractivity contribution in [2.45, 2.75) is 19.0 Å². The van der Waals surface area contributed by atoms with E-state index in [-0.39, 0.29) is 16.6 Å². The standard InChI is InChI=1S/C14H10F3NOS/c15-14(16,17)13-18-7-11(20-13)12(19)10-5-8-3-1-2-4-9(8)6-10/h1-4,7,10H,5-6H2. The highest BCUT2D eigenvalue weighted by molar-refractivity contribution is 7.13. The highest BCUT2D eigenvalue weighted by atomic mass is 32.1. The van der Waals surface area contributed by atoms with Gasteiger partial charge in [-0.25, -0.2) is 4.98 Å². The maximum atomic E-state index is 12.5. The molecular weight excluding hydrogens is 287 g/mol. The first kappa shape index (κ1) is 13.3. The van der Waals surface area contributed by atoms with Gasteiger partial charge in [-0.1, -0.05) is 24.3 Å². The van der Waals surface area contributed by atoms with E-state index in [1.807, 2.05) is 24.3 Å². The Bertz CT molecular complexity index is 637. The summed E-state index contributed by atoms with van der Waals surface area (Å²) in [5.74, 6) is -0.511. The number of carbonyl (C=O) groups is 1. The fraction of sp³-hybridized carbons (Fsp3) is 0.286. The second-order valence-corrected chi connectivity index (χ2v) is 5.80. The van der Waals surface area contributed by atoms with Gasteiger partial charge in [0.05, 0.1) is 4.88 Å². The Morgan fingerprint density at radius 3 is 2.30 bits per heavy atom. The van der Waals surface area contributed by atoms with Crippen LogP contribution in [0.4, 0.5) is 13.2 Å². The van der Waals surface area contributed by atoms with Crippen molar-refractivity contribution >= 4 is 17.1 Å². The molecule has 0 unspecified atom stereocenters. The van der Waals surface area contributed by atoms with E-state index in [1.165, 1.54) is 0 Å². The number of aromatic nitrogens is 1. The number of nitrogens with zero attached hydrogens (tertiary/aromatic N) is 1. The van der Waals surface area contributed by atoms with E-state index in [1.54, 1.807) is 0 Å². The van der Waals surface area contributed by atoms with Crippen molar-refractivity contribution in [1.82, 2.24) is 4.98 Å². The van der Waals surface area contributed by atoms with Crippen molar-refractivity contribution in [3.05, 3.63) is 51.5 Å². The Kier molecular flexibility index (Phi) is 3.12. The molecule has 104 valence electrons. The van der Waals surface area contributed by atoms with Crippen LogP contribution in [0.3, 0.4) is 0 Å². The molecule has 1 aliphatic rings. The van der Waals surface area contributed by atoms with E-state index >= 15 is 0 Å². The molecule has 1 aromatic carbocycles. The third-order valence-electron chi connectivity index (χ3n) is 3.41. The lowest BCUT2D eigenvalue weighted by molar-refractivity contribution is -0.137. The summed E-state index contributed by atoms with van der Waals surface area (Å²) >= 11 is 0.428. The molecule has 1 heterocycles. The first-order valence-corrected chi connectivity index (χ1v) is 6.91. The van der Waals surface area contributed by atoms with E-state index in [0.29, 0.717) is 24.2 Å². The van der Waals surface area contributed by atoms with Gasteiger partial charge in [0, 0.05) is 12.1 Å². The van der Waals surface area contributed by atoms with Gasteiger partial charge in [0.2, 0.25) is 0 Å². The number of halogens is 3. The fourth-order valence-corrected chi connectivity index (χ4v) is 3.27. The highest BCUT2D eigenvalue weighted by Gasteiger charge is 2.36. The minimum Gasteiger partial charge on any atom is -0.293 e. The van der Waals surface area contributed by atoms with Gasteiger partial charge in [0.1, 0.15) is 0 Å². The number of hydrogen-bond acceptors (Lipinski definition) is 3. The van der Waals surface area contributed by atoms with Gasteiger partial charge in [-0.3, -0.25) is 4.79 Å². The molecule has 1 aliphatic carbocycles. The zero-order chi connectivity index (χ0) is 14.3. The second-order valence-electron chi connectivity index (χ2n) is 4.77. The Hall–Kier alpha value is -1.69. The molecule has 0 fully saturated rings. The lowest BCUT2D eigenvalue weighted by Crippen LogP contribution is -2.13. The van der Waals surface area contributed by atoms with E-state index in [0.717, 1.165) is 17.3 Å². The Balaban J connectivity index is 1.80. The van der Waals surface area contributed by atoms with Crippen molar-refractivity contribution in [1.29, 1.82) is 0 Å². The van der Waals surface area contributed by atoms with Crippen LogP contribution in [0.25, 0.3) is 0 Å². The largest absolute Gasteiger partial charge is 0.443 e. The number of alkyl halides is 3. The van der Waals surface area contributed by atoms with Crippen LogP contribution in [0.1, 0.15) is 25.8 Å². The number of Topliss-reactive ketones (excluding diaryl/α,β-unsaturated/α-hetero) is 1. The SMILES string of the molecule is O=C(c1cnc(C(F)(F)F)s1)C1Cc2ccccc2C1. The van der Waals surface area contributed by atoms with Crippen LogP contribution >= 0.6 is 11.3 Å². The molecule has 3 rings (SSSR count). The number of ketones is 1. The summed E-state index contributed by atoms with van der Waals surface area (Å²) < 4.78 is 37.5. The predicted octanol–water partition coefficient (Wildman–Crippen LogP) is 3.76. The van der Waals surface area contributed by atoms with Crippen LogP contribution in [-0.2, 0) is 19.0 Å². The summed E-state index contributed by atoms with van der Waals surface area (Å²) in [7, 11) is 0. The smallest absolute Gasteiger partial charge is 0.293 e. The molecule has 20 heavy (non-hydrogen) atoms. The van der Waals surface area contributed by atoms with Gasteiger partial charge < -0.3 is 0 Å². The van der Waals surface area contributed by atoms with Crippen LogP contribution < -0.4 is 0 Å². The van der Waals surface area contributed by atoms with E-state index in [9.17, 15) is 18.0 Å². The van der Waals surface area contributed by atoms with Crippen LogP contribution in [0.5, 0.6) is 0 Å². The molecule has 6 heteroatoms. The lowest BCUT2D eigenvalue weighted by atomic mass is 10.0. The number of benzene rings is 1. The predicted molar refractivity (Wildman–Crippen MR) is 68.8 cm³/mol. The van der Waals surface area contributed by atoms with E-state index in [4.69, 9.17) is 0 Å². The number of rotatable bonds is 2. The van der Waals surface area contributed by atoms with Gasteiger partial charge >= 0.3 is 6.18 Å². The van der Waals surface area contributed by atoms with Crippen LogP contribution in [0, 0.1) is 5.92 Å². The van der Waals surface area contributed by atoms with Crippen LogP contribution in [0.15, 0.2) is 30.5 Å². The van der Waals surface area contributed by atoms with Crippen LogP contribution in [-0.4, -0.2) is 10.8 Å². The summed E-state index contributed by atoms with van der Waals surface area (Å²) in [5, 5.41) is -0.962. The van der Waals surface area contributed by atoms with Crippen molar-refractivity contribution in [3.8, 4) is 0 Å². The Labute approximate surface area is 117 Å². The normalized spacial score (nSPS) is 15.3. The van der Waals surface area contributed by atoms with Gasteiger partial charge in [-0.05, 0) is 24.0 Å². The number of thiazole rings is 1. The molecule has 1 aromatic heterocycles. The zero-order valence-electron chi connectivity index (χ0n) is 10.3. The van der Waals surface area contributed by atoms with Crippen molar-refractivity contribution in [2.24, 2.45) is 5.92 Å². The molecule has 0 spiro atoms. The first-order valence-electron chi connectivity index (χ1n) is 6.09. The number of fused-ring (bicyclic) bond motifs is 1. The van der Waals surface area contributed by atoms with Gasteiger partial charge in [-0.15, -0.1) is 11.3 Å². The molecule has 0 bridgehead atoms. The lowest BCUT2D eigenvalue weighted by Gasteiger charge is -2.05. The third-order valence-corrected chi connectivity index (χ3v) is 4.47. The molecule has 0 aliphatic heterocycles. The first-order chi connectivity index (χ1) is 9.45. The second kappa shape index (κ2) is 4.70. The quantitative estimate of drug-likeness (QED) is 0.790. The summed E-state index contributed by atoms with van der Waals surface area (Å²) in [4.78, 5) is 15.7. The van der Waals surface area contributed by atoms with Gasteiger partial charge in [-0.2, -0.15) is 13.2 Å². The van der Waals surface area contributed by atoms with Gasteiger partial charge in [0.25, 0.3) is 0 Å². The molecule has 0 saturated carbocycles. The van der Waals surface area contributed by atoms with E-state index < -0.39 is 11.2 Å². The molecule has 2 aromatic rings. The molecule has 0 amide bonds. The topological polar surface area (TPSA) is 30.0 Å². The fourth-order valence-electron chi connectivity index (χ4n) is 2.46. The monoisotopic (exact) mass is 297 g/mol. The van der Waals surface area contributed by atoms with Crippen molar-refractivity contribution in [2.75, 3.05) is 0 Å². The molecule has 2 nitrogen and oxygen atoms in total. The minimum atomic E-state index is -4.48. The highest BCUT2D eigenvalue weighted by Crippen LogP contribution is 2.35.